The standard InChI is InChI=1S/C49H29N3O/c1-2-14-31(15-3-1)44-37-20-9-7-18-34(37)29-42-45-40(23-12-24-43(45)53-46(42)44)48-50-47(35-26-25-30-13-4-5-16-32(30)27-35)51-49(52-48)41-28-33-17-6-8-19-36(33)38-21-10-11-22-39(38)41/h1-29H. The van der Waals surface area contributed by atoms with E-state index in [0.717, 1.165) is 82.1 Å². The lowest BCUT2D eigenvalue weighted by atomic mass is 9.94. The van der Waals surface area contributed by atoms with Gasteiger partial charge in [-0.15, -0.1) is 0 Å². The molecule has 0 bridgehead atoms. The van der Waals surface area contributed by atoms with Crippen LogP contribution in [0.4, 0.5) is 0 Å². The Kier molecular flexibility index (Phi) is 6.52. The maximum absolute atomic E-state index is 6.82. The smallest absolute Gasteiger partial charge is 0.164 e. The van der Waals surface area contributed by atoms with E-state index in [0.29, 0.717) is 17.5 Å². The van der Waals surface area contributed by atoms with Crippen molar-refractivity contribution < 1.29 is 4.42 Å². The zero-order valence-corrected chi connectivity index (χ0v) is 28.5. The minimum Gasteiger partial charge on any atom is -0.455 e. The van der Waals surface area contributed by atoms with E-state index in [1.165, 1.54) is 10.8 Å². The highest BCUT2D eigenvalue weighted by molar-refractivity contribution is 6.21. The summed E-state index contributed by atoms with van der Waals surface area (Å²) in [5, 5.41) is 11.2. The van der Waals surface area contributed by atoms with Crippen LogP contribution < -0.4 is 0 Å². The molecule has 0 aliphatic rings. The van der Waals surface area contributed by atoms with Gasteiger partial charge in [-0.1, -0.05) is 152 Å². The Hall–Kier alpha value is -7.17. The lowest BCUT2D eigenvalue weighted by Gasteiger charge is -2.13. The van der Waals surface area contributed by atoms with Gasteiger partial charge in [0.2, 0.25) is 0 Å². The van der Waals surface area contributed by atoms with E-state index in [2.05, 4.69) is 158 Å². The second-order valence-electron chi connectivity index (χ2n) is 13.6. The van der Waals surface area contributed by atoms with Crippen molar-refractivity contribution in [2.75, 3.05) is 0 Å². The molecular formula is C49H29N3O. The summed E-state index contributed by atoms with van der Waals surface area (Å²) in [7, 11) is 0. The highest BCUT2D eigenvalue weighted by Gasteiger charge is 2.22. The highest BCUT2D eigenvalue weighted by atomic mass is 16.3. The van der Waals surface area contributed by atoms with Crippen molar-refractivity contribution in [2.45, 2.75) is 0 Å². The Morgan fingerprint density at radius 3 is 1.77 bits per heavy atom. The second-order valence-corrected chi connectivity index (χ2v) is 13.6. The molecule has 0 atom stereocenters. The van der Waals surface area contributed by atoms with Crippen LogP contribution in [0.1, 0.15) is 0 Å². The average molecular weight is 676 g/mol. The van der Waals surface area contributed by atoms with Crippen LogP contribution in [0.15, 0.2) is 180 Å². The molecule has 11 rings (SSSR count). The number of nitrogens with zero attached hydrogens (tertiary/aromatic N) is 3. The fourth-order valence-corrected chi connectivity index (χ4v) is 8.02. The first-order valence-corrected chi connectivity index (χ1v) is 17.9. The van der Waals surface area contributed by atoms with Crippen molar-refractivity contribution in [3.05, 3.63) is 176 Å². The van der Waals surface area contributed by atoms with Crippen LogP contribution in [0.2, 0.25) is 0 Å². The molecule has 11 aromatic rings. The Balaban J connectivity index is 1.23. The monoisotopic (exact) mass is 675 g/mol. The minimum atomic E-state index is 0.595. The van der Waals surface area contributed by atoms with E-state index in [1.54, 1.807) is 0 Å². The maximum Gasteiger partial charge on any atom is 0.164 e. The van der Waals surface area contributed by atoms with Crippen LogP contribution in [0, 0.1) is 0 Å². The van der Waals surface area contributed by atoms with Gasteiger partial charge >= 0.3 is 0 Å². The third kappa shape index (κ3) is 4.73. The third-order valence-electron chi connectivity index (χ3n) is 10.5. The van der Waals surface area contributed by atoms with Crippen molar-refractivity contribution in [1.82, 2.24) is 15.0 Å². The molecule has 246 valence electrons. The van der Waals surface area contributed by atoms with Crippen molar-refractivity contribution in [3.63, 3.8) is 0 Å². The topological polar surface area (TPSA) is 51.8 Å². The van der Waals surface area contributed by atoms with Gasteiger partial charge in [-0.05, 0) is 72.9 Å². The third-order valence-corrected chi connectivity index (χ3v) is 10.5. The number of hydrogen-bond donors (Lipinski definition) is 0. The lowest BCUT2D eigenvalue weighted by Crippen LogP contribution is -2.01. The van der Waals surface area contributed by atoms with Crippen molar-refractivity contribution >= 4 is 65.0 Å². The number of hydrogen-bond acceptors (Lipinski definition) is 4. The summed E-state index contributed by atoms with van der Waals surface area (Å²) in [6.07, 6.45) is 0. The van der Waals surface area contributed by atoms with Crippen LogP contribution in [-0.4, -0.2) is 15.0 Å². The Morgan fingerprint density at radius 1 is 0.340 bits per heavy atom. The summed E-state index contributed by atoms with van der Waals surface area (Å²) in [5.41, 5.74) is 6.62. The zero-order valence-electron chi connectivity index (χ0n) is 28.5. The molecule has 0 aliphatic heterocycles. The van der Waals surface area contributed by atoms with Gasteiger partial charge in [0.1, 0.15) is 11.2 Å². The van der Waals surface area contributed by atoms with E-state index >= 15 is 0 Å². The summed E-state index contributed by atoms with van der Waals surface area (Å²) in [6.45, 7) is 0. The predicted molar refractivity (Wildman–Crippen MR) is 219 cm³/mol. The fourth-order valence-electron chi connectivity index (χ4n) is 8.02. The van der Waals surface area contributed by atoms with Crippen LogP contribution >= 0.6 is 0 Å². The summed E-state index contributed by atoms with van der Waals surface area (Å²) >= 11 is 0. The number of rotatable bonds is 4. The molecule has 0 radical (unpaired) electrons. The first kappa shape index (κ1) is 29.5. The Bertz CT molecular complexity index is 3240. The molecule has 4 nitrogen and oxygen atoms in total. The average Bonchev–Trinajstić information content (AvgIpc) is 3.60. The van der Waals surface area contributed by atoms with Crippen molar-refractivity contribution in [1.29, 1.82) is 0 Å². The Labute approximate surface area is 304 Å². The molecule has 0 saturated heterocycles. The molecule has 0 N–H and O–H groups in total. The van der Waals surface area contributed by atoms with Gasteiger partial charge in [-0.3, -0.25) is 0 Å². The molecule has 0 fully saturated rings. The highest BCUT2D eigenvalue weighted by Crippen LogP contribution is 2.44. The predicted octanol–water partition coefficient (Wildman–Crippen LogP) is 13.1. The number of aromatic nitrogens is 3. The van der Waals surface area contributed by atoms with Gasteiger partial charge in [0, 0.05) is 33.0 Å². The molecule has 9 aromatic carbocycles. The molecule has 0 spiro atoms. The first-order chi connectivity index (χ1) is 26.3. The van der Waals surface area contributed by atoms with Crippen LogP contribution in [0.3, 0.4) is 0 Å². The van der Waals surface area contributed by atoms with Gasteiger partial charge < -0.3 is 4.42 Å². The molecule has 0 unspecified atom stereocenters. The van der Waals surface area contributed by atoms with E-state index in [4.69, 9.17) is 19.4 Å². The van der Waals surface area contributed by atoms with E-state index in [9.17, 15) is 0 Å². The fraction of sp³-hybridized carbons (Fsp3) is 0. The van der Waals surface area contributed by atoms with Gasteiger partial charge in [0.05, 0.1) is 0 Å². The van der Waals surface area contributed by atoms with Gasteiger partial charge in [0.15, 0.2) is 17.5 Å². The van der Waals surface area contributed by atoms with Crippen molar-refractivity contribution in [3.8, 4) is 45.3 Å². The number of fused-ring (bicyclic) bond motifs is 8. The van der Waals surface area contributed by atoms with Crippen LogP contribution in [0.5, 0.6) is 0 Å². The van der Waals surface area contributed by atoms with Gasteiger partial charge in [-0.25, -0.2) is 15.0 Å². The summed E-state index contributed by atoms with van der Waals surface area (Å²) in [5.74, 6) is 1.84. The van der Waals surface area contributed by atoms with Gasteiger partial charge in [0.25, 0.3) is 0 Å². The SMILES string of the molecule is c1ccc(-c2c3ccccc3cc3c2oc2cccc(-c4nc(-c5ccc6ccccc6c5)nc(-c5cc6ccccc6c6ccccc56)n4)c23)cc1. The molecule has 4 heteroatoms. The summed E-state index contributed by atoms with van der Waals surface area (Å²) < 4.78 is 6.82. The van der Waals surface area contributed by atoms with Crippen LogP contribution in [-0.2, 0) is 0 Å². The van der Waals surface area contributed by atoms with Crippen LogP contribution in [0.25, 0.3) is 110 Å². The molecular weight excluding hydrogens is 647 g/mol. The maximum atomic E-state index is 6.82. The minimum absolute atomic E-state index is 0.595. The summed E-state index contributed by atoms with van der Waals surface area (Å²) in [4.78, 5) is 15.8. The quantitative estimate of drug-likeness (QED) is 0.174. The zero-order chi connectivity index (χ0) is 34.9. The first-order valence-electron chi connectivity index (χ1n) is 17.9. The number of benzene rings is 9. The number of furan rings is 1. The van der Waals surface area contributed by atoms with E-state index in [-0.39, 0.29) is 0 Å². The molecule has 0 saturated carbocycles. The second kappa shape index (κ2) is 11.7. The lowest BCUT2D eigenvalue weighted by molar-refractivity contribution is 0.670. The van der Waals surface area contributed by atoms with Gasteiger partial charge in [-0.2, -0.15) is 0 Å². The molecule has 53 heavy (non-hydrogen) atoms. The normalized spacial score (nSPS) is 11.8. The molecule has 0 amide bonds. The molecule has 0 aliphatic carbocycles. The largest absolute Gasteiger partial charge is 0.455 e. The summed E-state index contributed by atoms with van der Waals surface area (Å²) in [6, 6.07) is 61.5. The molecule has 2 aromatic heterocycles. The Morgan fingerprint density at radius 2 is 0.962 bits per heavy atom. The van der Waals surface area contributed by atoms with Crippen molar-refractivity contribution in [2.24, 2.45) is 0 Å². The van der Waals surface area contributed by atoms with E-state index in [1.807, 2.05) is 18.2 Å². The van der Waals surface area contributed by atoms with E-state index < -0.39 is 0 Å². The molecule has 2 heterocycles.